The molecule has 0 atom stereocenters. The van der Waals surface area contributed by atoms with Crippen molar-refractivity contribution in [3.63, 3.8) is 0 Å². The molecule has 0 saturated heterocycles. The summed E-state index contributed by atoms with van der Waals surface area (Å²) < 4.78 is 0. The molecule has 0 aliphatic carbocycles. The number of allylic oxidation sites excluding steroid dienone is 2. The van der Waals surface area contributed by atoms with E-state index in [1.807, 2.05) is 6.21 Å². The van der Waals surface area contributed by atoms with Gasteiger partial charge in [-0.15, -0.1) is 0 Å². The monoisotopic (exact) mass is 626 g/mol. The zero-order valence-electron chi connectivity index (χ0n) is 27.7. The van der Waals surface area contributed by atoms with Gasteiger partial charge in [0.1, 0.15) is 0 Å². The van der Waals surface area contributed by atoms with Crippen molar-refractivity contribution >= 4 is 35.5 Å². The van der Waals surface area contributed by atoms with E-state index < -0.39 is 0 Å². The van der Waals surface area contributed by atoms with Crippen LogP contribution in [-0.2, 0) is 16.5 Å². The van der Waals surface area contributed by atoms with Crippen molar-refractivity contribution in [3.05, 3.63) is 71.8 Å². The molecule has 0 heterocycles. The molecule has 43 heavy (non-hydrogen) atoms. The largest absolute Gasteiger partial charge is 0.255 e. The van der Waals surface area contributed by atoms with Crippen LogP contribution < -0.4 is 0 Å². The van der Waals surface area contributed by atoms with Crippen LogP contribution in [0, 0.1) is 0 Å². The zero-order valence-corrected chi connectivity index (χ0v) is 28.6. The average Bonchev–Trinajstić information content (AvgIpc) is 3.01. The standard InChI is InChI=1S/C40H60N2.Ni/c1-4-7-10-12-14-16-18-20-22-26-36-28-24-31-38(33-36)41-35-40(30-9-6-3)42-39-32-25-29-37(34-39)27-23-21-19-17-15-13-11-8-5-2;/h22-29,31-35H,4-21,30H2,1-3H3;. The van der Waals surface area contributed by atoms with E-state index in [4.69, 9.17) is 9.98 Å². The minimum Gasteiger partial charge on any atom is -0.255 e. The van der Waals surface area contributed by atoms with Crippen molar-refractivity contribution in [2.24, 2.45) is 9.98 Å². The maximum atomic E-state index is 5.01. The van der Waals surface area contributed by atoms with Crippen LogP contribution in [0.5, 0.6) is 0 Å². The number of nitrogens with zero attached hydrogens (tertiary/aromatic N) is 2. The van der Waals surface area contributed by atoms with E-state index >= 15 is 0 Å². The van der Waals surface area contributed by atoms with E-state index in [1.54, 1.807) is 0 Å². The van der Waals surface area contributed by atoms with Crippen LogP contribution in [0.1, 0.15) is 154 Å². The predicted octanol–water partition coefficient (Wildman–Crippen LogP) is 13.7. The summed E-state index contributed by atoms with van der Waals surface area (Å²) in [6.45, 7) is 6.79. The fraction of sp³-hybridized carbons (Fsp3) is 0.550. The molecule has 0 saturated carbocycles. The number of hydrogen-bond acceptors (Lipinski definition) is 2. The van der Waals surface area contributed by atoms with Gasteiger partial charge in [-0.1, -0.05) is 153 Å². The molecule has 0 aromatic heterocycles. The van der Waals surface area contributed by atoms with Gasteiger partial charge in [-0.25, -0.2) is 0 Å². The number of unbranched alkanes of at least 4 members (excludes halogenated alkanes) is 15. The molecular formula is C40H60N2Ni. The molecule has 0 N–H and O–H groups in total. The predicted molar refractivity (Wildman–Crippen MR) is 191 cm³/mol. The van der Waals surface area contributed by atoms with Gasteiger partial charge in [-0.05, 0) is 73.9 Å². The summed E-state index contributed by atoms with van der Waals surface area (Å²) in [5.74, 6) is 0. The summed E-state index contributed by atoms with van der Waals surface area (Å²) in [7, 11) is 0. The van der Waals surface area contributed by atoms with Crippen LogP contribution in [0.3, 0.4) is 0 Å². The summed E-state index contributed by atoms with van der Waals surface area (Å²) in [5, 5.41) is 0. The summed E-state index contributed by atoms with van der Waals surface area (Å²) >= 11 is 0. The summed E-state index contributed by atoms with van der Waals surface area (Å²) in [5.41, 5.74) is 5.48. The SMILES string of the molecule is CCCCCCCCCC=Cc1cccc(N=CC(CCCC)=Nc2cccc(C=CCCCCCCCCC)c2)c1.[Ni]. The third-order valence-corrected chi connectivity index (χ3v) is 7.73. The Hall–Kier alpha value is -2.25. The van der Waals surface area contributed by atoms with Crippen molar-refractivity contribution < 1.29 is 16.5 Å². The minimum atomic E-state index is 0. The number of benzene rings is 2. The van der Waals surface area contributed by atoms with Gasteiger partial charge in [0, 0.05) is 22.7 Å². The molecule has 2 aromatic rings. The van der Waals surface area contributed by atoms with Gasteiger partial charge in [0.2, 0.25) is 0 Å². The second kappa shape index (κ2) is 27.3. The van der Waals surface area contributed by atoms with Crippen molar-refractivity contribution in [1.29, 1.82) is 0 Å². The third-order valence-electron chi connectivity index (χ3n) is 7.73. The maximum absolute atomic E-state index is 5.01. The molecular weight excluding hydrogens is 567 g/mol. The molecule has 0 unspecified atom stereocenters. The van der Waals surface area contributed by atoms with Gasteiger partial charge >= 0.3 is 0 Å². The molecule has 0 fully saturated rings. The van der Waals surface area contributed by atoms with Gasteiger partial charge in [0.15, 0.2) is 0 Å². The molecule has 240 valence electrons. The molecule has 0 aliphatic heterocycles. The molecule has 2 rings (SSSR count). The molecule has 0 amide bonds. The van der Waals surface area contributed by atoms with Crippen LogP contribution >= 0.6 is 0 Å². The summed E-state index contributed by atoms with van der Waals surface area (Å²) in [6, 6.07) is 17.1. The molecule has 2 nitrogen and oxygen atoms in total. The zero-order chi connectivity index (χ0) is 29.9. The summed E-state index contributed by atoms with van der Waals surface area (Å²) in [4.78, 5) is 9.84. The minimum absolute atomic E-state index is 0. The Bertz CT molecular complexity index is 1070. The Balaban J connectivity index is 0.00000924. The van der Waals surface area contributed by atoms with Crippen LogP contribution in [0.2, 0.25) is 0 Å². The Morgan fingerprint density at radius 3 is 1.56 bits per heavy atom. The van der Waals surface area contributed by atoms with Gasteiger partial charge < -0.3 is 0 Å². The van der Waals surface area contributed by atoms with Crippen LogP contribution in [-0.4, -0.2) is 11.9 Å². The average molecular weight is 628 g/mol. The van der Waals surface area contributed by atoms with Gasteiger partial charge in [-0.3, -0.25) is 9.98 Å². The third kappa shape index (κ3) is 20.4. The van der Waals surface area contributed by atoms with E-state index in [0.29, 0.717) is 0 Å². The van der Waals surface area contributed by atoms with Gasteiger partial charge in [0.25, 0.3) is 0 Å². The van der Waals surface area contributed by atoms with Crippen LogP contribution in [0.15, 0.2) is 70.7 Å². The van der Waals surface area contributed by atoms with E-state index in [1.165, 1.54) is 101 Å². The van der Waals surface area contributed by atoms with Gasteiger partial charge in [-0.2, -0.15) is 0 Å². The number of aliphatic imine (C=N–C) groups is 2. The second-order valence-corrected chi connectivity index (χ2v) is 11.8. The van der Waals surface area contributed by atoms with E-state index in [9.17, 15) is 0 Å². The first-order valence-electron chi connectivity index (χ1n) is 17.4. The fourth-order valence-electron chi connectivity index (χ4n) is 5.11. The van der Waals surface area contributed by atoms with E-state index in [2.05, 4.69) is 93.6 Å². The van der Waals surface area contributed by atoms with Crippen molar-refractivity contribution in [3.8, 4) is 0 Å². The summed E-state index contributed by atoms with van der Waals surface area (Å²) in [6.07, 6.45) is 35.6. The molecule has 0 bridgehead atoms. The molecule has 2 aromatic carbocycles. The first-order chi connectivity index (χ1) is 20.7. The fourth-order valence-corrected chi connectivity index (χ4v) is 5.11. The molecule has 3 heteroatoms. The van der Waals surface area contributed by atoms with Crippen molar-refractivity contribution in [1.82, 2.24) is 0 Å². The Kier molecular flexibility index (Phi) is 24.6. The van der Waals surface area contributed by atoms with E-state index in [0.717, 1.165) is 49.2 Å². The normalized spacial score (nSPS) is 12.1. The topological polar surface area (TPSA) is 24.7 Å². The number of hydrogen-bond donors (Lipinski definition) is 0. The molecule has 0 radical (unpaired) electrons. The Morgan fingerprint density at radius 1 is 0.558 bits per heavy atom. The van der Waals surface area contributed by atoms with Gasteiger partial charge in [0.05, 0.1) is 17.1 Å². The first-order valence-corrected chi connectivity index (χ1v) is 17.4. The Labute approximate surface area is 275 Å². The van der Waals surface area contributed by atoms with Crippen LogP contribution in [0.4, 0.5) is 11.4 Å². The Morgan fingerprint density at radius 2 is 1.02 bits per heavy atom. The quantitative estimate of drug-likeness (QED) is 0.0629. The maximum Gasteiger partial charge on any atom is 0.0639 e. The van der Waals surface area contributed by atoms with E-state index in [-0.39, 0.29) is 16.5 Å². The van der Waals surface area contributed by atoms with Crippen molar-refractivity contribution in [2.45, 2.75) is 143 Å². The molecule has 0 spiro atoms. The first kappa shape index (κ1) is 38.8. The molecule has 0 aliphatic rings. The number of rotatable bonds is 24. The van der Waals surface area contributed by atoms with Crippen molar-refractivity contribution in [2.75, 3.05) is 0 Å². The van der Waals surface area contributed by atoms with Crippen LogP contribution in [0.25, 0.3) is 12.2 Å². The smallest absolute Gasteiger partial charge is 0.0639 e. The second-order valence-electron chi connectivity index (χ2n) is 11.8.